The zero-order valence-corrected chi connectivity index (χ0v) is 14.5. The predicted octanol–water partition coefficient (Wildman–Crippen LogP) is 3.93. The SMILES string of the molecule is CN(CC1CC2CCC1C2)C1CC(C(C)(C)C)CCC1O. The van der Waals surface area contributed by atoms with Crippen molar-refractivity contribution >= 4 is 0 Å². The normalized spacial score (nSPS) is 43.7. The molecule has 3 rings (SSSR count). The van der Waals surface area contributed by atoms with Crippen LogP contribution in [0.25, 0.3) is 0 Å². The predicted molar refractivity (Wildman–Crippen MR) is 88.2 cm³/mol. The second kappa shape index (κ2) is 5.85. The smallest absolute Gasteiger partial charge is 0.0695 e. The molecule has 0 radical (unpaired) electrons. The molecule has 0 amide bonds. The lowest BCUT2D eigenvalue weighted by molar-refractivity contribution is -0.0147. The van der Waals surface area contributed by atoms with Crippen LogP contribution in [-0.4, -0.2) is 35.7 Å². The third-order valence-corrected chi connectivity index (χ3v) is 6.98. The van der Waals surface area contributed by atoms with Gasteiger partial charge in [-0.05, 0) is 74.7 Å². The first-order valence-electron chi connectivity index (χ1n) is 9.23. The highest BCUT2D eigenvalue weighted by Gasteiger charge is 2.42. The summed E-state index contributed by atoms with van der Waals surface area (Å²) in [5.74, 6) is 3.70. The average Bonchev–Trinajstić information content (AvgIpc) is 2.99. The summed E-state index contributed by atoms with van der Waals surface area (Å²) in [6.45, 7) is 8.31. The molecule has 3 saturated carbocycles. The first-order chi connectivity index (χ1) is 9.84. The molecule has 3 aliphatic rings. The molecule has 21 heavy (non-hydrogen) atoms. The number of hydrogen-bond acceptors (Lipinski definition) is 2. The van der Waals surface area contributed by atoms with Gasteiger partial charge in [-0.15, -0.1) is 0 Å². The molecule has 0 spiro atoms. The summed E-state index contributed by atoms with van der Waals surface area (Å²) in [4.78, 5) is 2.52. The van der Waals surface area contributed by atoms with Crippen LogP contribution in [0.4, 0.5) is 0 Å². The topological polar surface area (TPSA) is 23.5 Å². The summed E-state index contributed by atoms with van der Waals surface area (Å²) < 4.78 is 0. The van der Waals surface area contributed by atoms with E-state index in [2.05, 4.69) is 32.7 Å². The molecule has 0 aliphatic heterocycles. The number of aliphatic hydroxyl groups is 1. The van der Waals surface area contributed by atoms with Crippen molar-refractivity contribution in [3.8, 4) is 0 Å². The lowest BCUT2D eigenvalue weighted by Crippen LogP contribution is -2.49. The van der Waals surface area contributed by atoms with E-state index in [1.807, 2.05) is 0 Å². The third-order valence-electron chi connectivity index (χ3n) is 6.98. The van der Waals surface area contributed by atoms with Crippen molar-refractivity contribution in [2.24, 2.45) is 29.1 Å². The first-order valence-corrected chi connectivity index (χ1v) is 9.23. The molecule has 6 unspecified atom stereocenters. The van der Waals surface area contributed by atoms with Crippen LogP contribution in [0, 0.1) is 29.1 Å². The minimum Gasteiger partial charge on any atom is -0.391 e. The molecule has 0 heterocycles. The van der Waals surface area contributed by atoms with Crippen molar-refractivity contribution in [3.63, 3.8) is 0 Å². The molecule has 2 heteroatoms. The summed E-state index contributed by atoms with van der Waals surface area (Å²) in [5.41, 5.74) is 0.381. The lowest BCUT2D eigenvalue weighted by Gasteiger charge is -2.44. The molecule has 122 valence electrons. The average molecular weight is 293 g/mol. The number of nitrogens with zero attached hydrogens (tertiary/aromatic N) is 1. The molecule has 0 saturated heterocycles. The van der Waals surface area contributed by atoms with Gasteiger partial charge < -0.3 is 10.0 Å². The molecule has 0 aromatic carbocycles. The monoisotopic (exact) mass is 293 g/mol. The van der Waals surface area contributed by atoms with Gasteiger partial charge in [-0.25, -0.2) is 0 Å². The maximum atomic E-state index is 10.5. The Balaban J connectivity index is 1.58. The van der Waals surface area contributed by atoms with Gasteiger partial charge in [0.05, 0.1) is 6.10 Å². The van der Waals surface area contributed by atoms with Crippen LogP contribution >= 0.6 is 0 Å². The van der Waals surface area contributed by atoms with Crippen LogP contribution < -0.4 is 0 Å². The van der Waals surface area contributed by atoms with E-state index in [1.165, 1.54) is 45.1 Å². The highest BCUT2D eigenvalue weighted by molar-refractivity contribution is 4.94. The standard InChI is InChI=1S/C19H35NO/c1-19(2,3)16-7-8-18(21)17(11-16)20(4)12-15-10-13-5-6-14(15)9-13/h13-18,21H,5-12H2,1-4H3. The van der Waals surface area contributed by atoms with E-state index in [0.717, 1.165) is 30.1 Å². The fourth-order valence-corrected chi connectivity index (χ4v) is 5.50. The van der Waals surface area contributed by atoms with Gasteiger partial charge in [-0.3, -0.25) is 0 Å². The summed E-state index contributed by atoms with van der Waals surface area (Å²) >= 11 is 0. The fraction of sp³-hybridized carbons (Fsp3) is 1.00. The second-order valence-electron chi connectivity index (χ2n) is 9.39. The van der Waals surface area contributed by atoms with Gasteiger partial charge >= 0.3 is 0 Å². The van der Waals surface area contributed by atoms with Gasteiger partial charge in [0, 0.05) is 12.6 Å². The Morgan fingerprint density at radius 1 is 1.00 bits per heavy atom. The molecule has 6 atom stereocenters. The Morgan fingerprint density at radius 2 is 1.76 bits per heavy atom. The van der Waals surface area contributed by atoms with Crippen molar-refractivity contribution in [1.29, 1.82) is 0 Å². The van der Waals surface area contributed by atoms with Crippen LogP contribution in [0.15, 0.2) is 0 Å². The highest BCUT2D eigenvalue weighted by Crippen LogP contribution is 2.49. The lowest BCUT2D eigenvalue weighted by atomic mass is 9.70. The minimum absolute atomic E-state index is 0.104. The molecule has 3 fully saturated rings. The number of fused-ring (bicyclic) bond motifs is 2. The molecular formula is C19H35NO. The summed E-state index contributed by atoms with van der Waals surface area (Å²) in [5, 5.41) is 10.5. The molecule has 2 nitrogen and oxygen atoms in total. The maximum absolute atomic E-state index is 10.5. The Hall–Kier alpha value is -0.0800. The van der Waals surface area contributed by atoms with Gasteiger partial charge in [-0.2, -0.15) is 0 Å². The van der Waals surface area contributed by atoms with E-state index in [9.17, 15) is 5.11 Å². The Bertz CT molecular complexity index is 361. The van der Waals surface area contributed by atoms with Crippen LogP contribution in [-0.2, 0) is 0 Å². The Morgan fingerprint density at radius 3 is 2.33 bits per heavy atom. The Labute approximate surface area is 131 Å². The number of rotatable bonds is 3. The third kappa shape index (κ3) is 3.32. The van der Waals surface area contributed by atoms with Gasteiger partial charge in [0.1, 0.15) is 0 Å². The molecule has 3 aliphatic carbocycles. The molecule has 0 aromatic heterocycles. The first kappa shape index (κ1) is 15.8. The van der Waals surface area contributed by atoms with E-state index in [4.69, 9.17) is 0 Å². The summed E-state index contributed by atoms with van der Waals surface area (Å²) in [6, 6.07) is 0.391. The summed E-state index contributed by atoms with van der Waals surface area (Å²) in [7, 11) is 2.27. The van der Waals surface area contributed by atoms with Crippen LogP contribution in [0.5, 0.6) is 0 Å². The van der Waals surface area contributed by atoms with Crippen LogP contribution in [0.3, 0.4) is 0 Å². The van der Waals surface area contributed by atoms with Gasteiger partial charge in [0.2, 0.25) is 0 Å². The van der Waals surface area contributed by atoms with E-state index >= 15 is 0 Å². The van der Waals surface area contributed by atoms with E-state index in [0.29, 0.717) is 11.5 Å². The Kier molecular flexibility index (Phi) is 4.40. The van der Waals surface area contributed by atoms with Crippen molar-refractivity contribution < 1.29 is 5.11 Å². The fourth-order valence-electron chi connectivity index (χ4n) is 5.50. The minimum atomic E-state index is -0.104. The maximum Gasteiger partial charge on any atom is 0.0695 e. The zero-order valence-electron chi connectivity index (χ0n) is 14.5. The van der Waals surface area contributed by atoms with Gasteiger partial charge in [-0.1, -0.05) is 27.2 Å². The largest absolute Gasteiger partial charge is 0.391 e. The molecule has 1 N–H and O–H groups in total. The molecular weight excluding hydrogens is 258 g/mol. The van der Waals surface area contributed by atoms with E-state index < -0.39 is 0 Å². The quantitative estimate of drug-likeness (QED) is 0.852. The highest BCUT2D eigenvalue weighted by atomic mass is 16.3. The van der Waals surface area contributed by atoms with Crippen molar-refractivity contribution in [1.82, 2.24) is 4.90 Å². The number of likely N-dealkylation sites (N-methyl/N-ethyl adjacent to an activating group) is 1. The van der Waals surface area contributed by atoms with Gasteiger partial charge in [0.25, 0.3) is 0 Å². The van der Waals surface area contributed by atoms with E-state index in [1.54, 1.807) is 0 Å². The van der Waals surface area contributed by atoms with Crippen molar-refractivity contribution in [2.45, 2.75) is 77.9 Å². The number of aliphatic hydroxyl groups excluding tert-OH is 1. The second-order valence-corrected chi connectivity index (χ2v) is 9.39. The van der Waals surface area contributed by atoms with Crippen LogP contribution in [0.1, 0.15) is 65.7 Å². The van der Waals surface area contributed by atoms with Gasteiger partial charge in [0.15, 0.2) is 0 Å². The molecule has 0 aromatic rings. The zero-order chi connectivity index (χ0) is 15.2. The summed E-state index contributed by atoms with van der Waals surface area (Å²) in [6.07, 6.45) is 9.19. The van der Waals surface area contributed by atoms with Crippen LogP contribution in [0.2, 0.25) is 0 Å². The van der Waals surface area contributed by atoms with Crippen molar-refractivity contribution in [2.75, 3.05) is 13.6 Å². The molecule has 2 bridgehead atoms. The number of hydrogen-bond donors (Lipinski definition) is 1. The van der Waals surface area contributed by atoms with E-state index in [-0.39, 0.29) is 6.10 Å². The van der Waals surface area contributed by atoms with Crippen molar-refractivity contribution in [3.05, 3.63) is 0 Å².